The summed E-state index contributed by atoms with van der Waals surface area (Å²) in [6.07, 6.45) is 0. The van der Waals surface area contributed by atoms with Crippen LogP contribution in [-0.4, -0.2) is 8.41 Å². The predicted octanol–water partition coefficient (Wildman–Crippen LogP) is -3.27. The largest absolute Gasteiger partial charge is 1.00 e. The van der Waals surface area contributed by atoms with Crippen LogP contribution in [0.15, 0.2) is 0 Å². The normalized spacial score (nSPS) is 0. The van der Waals surface area contributed by atoms with Crippen molar-refractivity contribution in [3.63, 3.8) is 0 Å². The predicted molar refractivity (Wildman–Crippen MR) is 6.87 cm³/mol. The Labute approximate surface area is 62.1 Å². The maximum absolute atomic E-state index is 0. The van der Waals surface area contributed by atoms with Crippen LogP contribution in [0.2, 0.25) is 0 Å². The van der Waals surface area contributed by atoms with E-state index in [1.165, 1.54) is 0 Å². The van der Waals surface area contributed by atoms with E-state index < -0.39 is 0 Å². The standard InChI is InChI=1S/B.Li.Mn.Ni.H/q;+1;;;-1. The topological polar surface area (TPSA) is 0 Å². The van der Waals surface area contributed by atoms with Gasteiger partial charge in [-0.3, -0.25) is 0 Å². The Morgan fingerprint density at radius 3 is 1.25 bits per heavy atom. The van der Waals surface area contributed by atoms with E-state index in [0.29, 0.717) is 0 Å². The molecule has 0 aliphatic heterocycles. The third-order valence-electron chi connectivity index (χ3n) is 0. The zero-order chi connectivity index (χ0) is 0. The Hall–Kier alpha value is 1.68. The summed E-state index contributed by atoms with van der Waals surface area (Å²) >= 11 is 0. The first-order valence-corrected chi connectivity index (χ1v) is 0. The molecular weight excluding hydrogens is 131 g/mol. The SMILES string of the molecule is [B].[H-].[Li+].[Mn].[Ni]. The first-order valence-electron chi connectivity index (χ1n) is 0. The van der Waals surface area contributed by atoms with Crippen LogP contribution in [-0.2, 0) is 33.6 Å². The van der Waals surface area contributed by atoms with E-state index in [4.69, 9.17) is 0 Å². The maximum Gasteiger partial charge on any atom is 1.00 e. The molecule has 0 aromatic rings. The molecule has 0 nitrogen and oxygen atoms in total. The summed E-state index contributed by atoms with van der Waals surface area (Å²) < 4.78 is 0. The molecule has 0 amide bonds. The molecule has 0 rings (SSSR count). The van der Waals surface area contributed by atoms with Gasteiger partial charge in [-0.25, -0.2) is 0 Å². The molecule has 0 saturated heterocycles. The van der Waals surface area contributed by atoms with Crippen LogP contribution < -0.4 is 18.9 Å². The Morgan fingerprint density at radius 1 is 1.25 bits per heavy atom. The van der Waals surface area contributed by atoms with Gasteiger partial charge >= 0.3 is 18.9 Å². The van der Waals surface area contributed by atoms with Crippen molar-refractivity contribution in [3.8, 4) is 0 Å². The van der Waals surface area contributed by atoms with Crippen molar-refractivity contribution in [1.82, 2.24) is 0 Å². The summed E-state index contributed by atoms with van der Waals surface area (Å²) in [6.45, 7) is 0. The molecule has 0 aromatic carbocycles. The Bertz CT molecular complexity index is 11.6. The van der Waals surface area contributed by atoms with Crippen LogP contribution in [0.5, 0.6) is 0 Å². The Kier molecular flexibility index (Phi) is 249. The minimum absolute atomic E-state index is 0. The molecule has 0 aliphatic carbocycles. The van der Waals surface area contributed by atoms with Crippen molar-refractivity contribution < 1.29 is 53.8 Å². The van der Waals surface area contributed by atoms with Crippen LogP contribution in [0.3, 0.4) is 0 Å². The summed E-state index contributed by atoms with van der Waals surface area (Å²) in [5, 5.41) is 0. The van der Waals surface area contributed by atoms with Gasteiger partial charge in [0, 0.05) is 42.0 Å². The van der Waals surface area contributed by atoms with E-state index in [1.807, 2.05) is 0 Å². The van der Waals surface area contributed by atoms with Gasteiger partial charge in [0.1, 0.15) is 0 Å². The molecule has 0 saturated carbocycles. The summed E-state index contributed by atoms with van der Waals surface area (Å²) in [4.78, 5) is 0. The molecule has 4 heavy (non-hydrogen) atoms. The van der Waals surface area contributed by atoms with E-state index in [0.717, 1.165) is 0 Å². The van der Waals surface area contributed by atoms with Crippen molar-refractivity contribution in [2.75, 3.05) is 0 Å². The van der Waals surface area contributed by atoms with Crippen LogP contribution in [0.25, 0.3) is 0 Å². The van der Waals surface area contributed by atoms with Gasteiger partial charge in [0.15, 0.2) is 0 Å². The third-order valence-corrected chi connectivity index (χ3v) is 0. The van der Waals surface area contributed by atoms with Crippen LogP contribution in [0.4, 0.5) is 0 Å². The average Bonchev–Trinajstić information content (AvgIpc) is 0. The van der Waals surface area contributed by atoms with Crippen molar-refractivity contribution >= 4 is 8.41 Å². The fourth-order valence-corrected chi connectivity index (χ4v) is 0. The molecule has 0 heterocycles. The van der Waals surface area contributed by atoms with Gasteiger partial charge in [0.25, 0.3) is 0 Å². The first kappa shape index (κ1) is 44.2. The van der Waals surface area contributed by atoms with Gasteiger partial charge < -0.3 is 1.43 Å². The molecule has 0 aromatic heterocycles. The molecule has 0 unspecified atom stereocenters. The molecule has 22 valence electrons. The van der Waals surface area contributed by atoms with Crippen LogP contribution in [0, 0.1) is 0 Å². The quantitative estimate of drug-likeness (QED) is 0.304. The van der Waals surface area contributed by atoms with E-state index in [2.05, 4.69) is 0 Å². The molecule has 0 N–H and O–H groups in total. The van der Waals surface area contributed by atoms with Crippen molar-refractivity contribution in [2.45, 2.75) is 0 Å². The van der Waals surface area contributed by atoms with Crippen LogP contribution in [0.1, 0.15) is 1.43 Å². The third kappa shape index (κ3) is 9.37. The van der Waals surface area contributed by atoms with E-state index in [9.17, 15) is 0 Å². The first-order chi connectivity index (χ1) is 0. The van der Waals surface area contributed by atoms with Crippen molar-refractivity contribution in [3.05, 3.63) is 0 Å². The van der Waals surface area contributed by atoms with Gasteiger partial charge in [-0.15, -0.1) is 0 Å². The Morgan fingerprint density at radius 2 is 1.25 bits per heavy atom. The van der Waals surface area contributed by atoms with Gasteiger partial charge in [0.05, 0.1) is 0 Å². The van der Waals surface area contributed by atoms with Crippen molar-refractivity contribution in [2.24, 2.45) is 0 Å². The zero-order valence-electron chi connectivity index (χ0n) is 3.27. The van der Waals surface area contributed by atoms with Gasteiger partial charge in [-0.2, -0.15) is 0 Å². The second kappa shape index (κ2) is 22.5. The fourth-order valence-electron chi connectivity index (χ4n) is 0. The molecule has 0 fully saturated rings. The minimum atomic E-state index is 0. The second-order valence-electron chi connectivity index (χ2n) is 0. The second-order valence-corrected chi connectivity index (χ2v) is 0. The molecule has 0 spiro atoms. The maximum atomic E-state index is 0. The van der Waals surface area contributed by atoms with Crippen molar-refractivity contribution in [1.29, 1.82) is 0 Å². The van der Waals surface area contributed by atoms with E-state index >= 15 is 0 Å². The smallest absolute Gasteiger partial charge is 1.00 e. The molecule has 4 radical (unpaired) electrons. The zero-order valence-corrected chi connectivity index (χ0v) is 4.44. The molecular formula is HBLiMnNi. The van der Waals surface area contributed by atoms with E-state index in [1.54, 1.807) is 0 Å². The number of rotatable bonds is 0. The molecule has 0 aliphatic rings. The monoisotopic (exact) mass is 132 g/mol. The summed E-state index contributed by atoms with van der Waals surface area (Å²) in [7, 11) is 0. The summed E-state index contributed by atoms with van der Waals surface area (Å²) in [5.74, 6) is 0. The van der Waals surface area contributed by atoms with Crippen LogP contribution >= 0.6 is 0 Å². The average molecular weight is 132 g/mol. The van der Waals surface area contributed by atoms with Gasteiger partial charge in [-0.05, 0) is 0 Å². The molecule has 0 bridgehead atoms. The van der Waals surface area contributed by atoms with Gasteiger partial charge in [0.2, 0.25) is 0 Å². The Balaban J connectivity index is 0. The van der Waals surface area contributed by atoms with Gasteiger partial charge in [-0.1, -0.05) is 0 Å². The minimum Gasteiger partial charge on any atom is -1.00 e. The van der Waals surface area contributed by atoms with E-state index in [-0.39, 0.29) is 62.3 Å². The summed E-state index contributed by atoms with van der Waals surface area (Å²) in [6, 6.07) is 0. The molecule has 0 atom stereocenters. The number of hydrogen-bond donors (Lipinski definition) is 0. The summed E-state index contributed by atoms with van der Waals surface area (Å²) in [5.41, 5.74) is 0. The fraction of sp³-hybridized carbons (Fsp3) is 0. The number of hydrogen-bond acceptors (Lipinski definition) is 0. The molecule has 4 heteroatoms.